The molecule has 2 heterocycles. The molecule has 0 atom stereocenters. The smallest absolute Gasteiger partial charge is 0.396 e. The molecule has 1 amide bonds. The molecule has 0 bridgehead atoms. The molecule has 3 rings (SSSR count). The third-order valence-corrected chi connectivity index (χ3v) is 3.65. The lowest BCUT2D eigenvalue weighted by Gasteiger charge is -2.06. The largest absolute Gasteiger partial charge is 0.472 e. The van der Waals surface area contributed by atoms with E-state index in [-0.39, 0.29) is 18.3 Å². The number of amides is 1. The van der Waals surface area contributed by atoms with Crippen LogP contribution >= 0.6 is 0 Å². The Hall–Kier alpha value is -3.75. The molecule has 27 heavy (non-hydrogen) atoms. The summed E-state index contributed by atoms with van der Waals surface area (Å²) in [6.45, 7) is 1.98. The second kappa shape index (κ2) is 8.09. The van der Waals surface area contributed by atoms with Gasteiger partial charge in [-0.05, 0) is 13.0 Å². The number of carbonyl (C=O) groups is 2. The van der Waals surface area contributed by atoms with Gasteiger partial charge in [0.25, 0.3) is 0 Å². The number of methoxy groups -OCH3 is 1. The lowest BCUT2D eigenvalue weighted by atomic mass is 10.1. The lowest BCUT2D eigenvalue weighted by molar-refractivity contribution is -0.150. The molecule has 0 saturated heterocycles. The highest BCUT2D eigenvalue weighted by molar-refractivity contribution is 6.37. The number of benzene rings is 1. The van der Waals surface area contributed by atoms with Gasteiger partial charge in [0.15, 0.2) is 5.82 Å². The maximum atomic E-state index is 11.4. The van der Waals surface area contributed by atoms with Crippen molar-refractivity contribution in [2.24, 2.45) is 0 Å². The van der Waals surface area contributed by atoms with Gasteiger partial charge in [-0.15, -0.1) is 10.2 Å². The Morgan fingerprint density at radius 3 is 2.56 bits per heavy atom. The number of aromatic nitrogens is 3. The Morgan fingerprint density at radius 2 is 1.89 bits per heavy atom. The predicted octanol–water partition coefficient (Wildman–Crippen LogP) is 2.13. The number of hydrogen-bond donors (Lipinski definition) is 1. The molecular weight excluding hydrogens is 352 g/mol. The van der Waals surface area contributed by atoms with Crippen LogP contribution in [0.25, 0.3) is 11.3 Å². The minimum Gasteiger partial charge on any atom is -0.472 e. The molecule has 138 valence electrons. The number of anilines is 1. The fourth-order valence-electron chi connectivity index (χ4n) is 2.25. The fraction of sp³-hybridized carbons (Fsp3) is 0.167. The molecular formula is C18H16N4O5. The van der Waals surface area contributed by atoms with E-state index in [0.29, 0.717) is 11.5 Å². The lowest BCUT2D eigenvalue weighted by Crippen LogP contribution is -2.24. The molecule has 2 aromatic heterocycles. The minimum atomic E-state index is -1.02. The van der Waals surface area contributed by atoms with Gasteiger partial charge in [-0.3, -0.25) is 10.1 Å². The average molecular weight is 368 g/mol. The molecule has 0 aliphatic carbocycles. The summed E-state index contributed by atoms with van der Waals surface area (Å²) in [4.78, 5) is 22.5. The first-order valence-electron chi connectivity index (χ1n) is 7.95. The molecule has 0 unspecified atom stereocenters. The van der Waals surface area contributed by atoms with Crippen LogP contribution in [0, 0.1) is 6.92 Å². The van der Waals surface area contributed by atoms with Gasteiger partial charge >= 0.3 is 11.9 Å². The number of esters is 1. The number of nitrogens with one attached hydrogen (secondary N) is 1. The highest BCUT2D eigenvalue weighted by atomic mass is 16.5. The Balaban J connectivity index is 1.67. The van der Waals surface area contributed by atoms with Crippen molar-refractivity contribution in [2.75, 3.05) is 12.4 Å². The zero-order chi connectivity index (χ0) is 19.2. The average Bonchev–Trinajstić information content (AvgIpc) is 3.08. The Kier molecular flexibility index (Phi) is 5.41. The maximum absolute atomic E-state index is 11.4. The van der Waals surface area contributed by atoms with Crippen LogP contribution in [0.4, 0.5) is 5.82 Å². The number of aryl methyl sites for hydroxylation is 1. The topological polar surface area (TPSA) is 116 Å². The van der Waals surface area contributed by atoms with Crippen LogP contribution in [0.15, 0.2) is 47.0 Å². The van der Waals surface area contributed by atoms with Crippen LogP contribution in [0.1, 0.15) is 11.3 Å². The van der Waals surface area contributed by atoms with Crippen LogP contribution in [0.2, 0.25) is 0 Å². The Bertz CT molecular complexity index is 938. The molecule has 9 heteroatoms. The molecule has 0 radical (unpaired) electrons. The Morgan fingerprint density at radius 1 is 1.11 bits per heavy atom. The molecule has 0 aliphatic rings. The number of ether oxygens (including phenoxy) is 2. The third kappa shape index (κ3) is 4.27. The standard InChI is InChI=1S/C18H16N4O5/c1-11-13(16(22-27-11)12-6-4-3-5-7-12)10-26-15-9-8-14(20-21-15)19-17(23)18(24)25-2/h3-9H,10H2,1-2H3,(H,19,20,23). The van der Waals surface area contributed by atoms with Crippen molar-refractivity contribution in [3.05, 3.63) is 53.8 Å². The molecule has 0 aliphatic heterocycles. The first kappa shape index (κ1) is 18.1. The first-order chi connectivity index (χ1) is 13.1. The number of hydrogen-bond acceptors (Lipinski definition) is 8. The van der Waals surface area contributed by atoms with E-state index in [1.807, 2.05) is 30.3 Å². The first-order valence-corrected chi connectivity index (χ1v) is 7.95. The molecule has 1 N–H and O–H groups in total. The van der Waals surface area contributed by atoms with E-state index in [1.165, 1.54) is 12.1 Å². The quantitative estimate of drug-likeness (QED) is 0.538. The predicted molar refractivity (Wildman–Crippen MR) is 93.7 cm³/mol. The minimum absolute atomic E-state index is 0.101. The van der Waals surface area contributed by atoms with Crippen molar-refractivity contribution >= 4 is 17.7 Å². The van der Waals surface area contributed by atoms with Gasteiger partial charge in [0.1, 0.15) is 18.1 Å². The molecule has 3 aromatic rings. The van der Waals surface area contributed by atoms with Crippen LogP contribution in [0.5, 0.6) is 5.88 Å². The van der Waals surface area contributed by atoms with Crippen molar-refractivity contribution in [3.8, 4) is 17.1 Å². The van der Waals surface area contributed by atoms with Gasteiger partial charge in [0.05, 0.1) is 12.7 Å². The summed E-state index contributed by atoms with van der Waals surface area (Å²) in [5.74, 6) is -0.972. The van der Waals surface area contributed by atoms with Crippen molar-refractivity contribution in [1.29, 1.82) is 0 Å². The van der Waals surface area contributed by atoms with E-state index in [1.54, 1.807) is 6.92 Å². The fourth-order valence-corrected chi connectivity index (χ4v) is 2.25. The van der Waals surface area contributed by atoms with Gasteiger partial charge in [0.2, 0.25) is 5.88 Å². The van der Waals surface area contributed by atoms with Gasteiger partial charge in [-0.2, -0.15) is 0 Å². The van der Waals surface area contributed by atoms with Gasteiger partial charge in [-0.25, -0.2) is 4.79 Å². The van der Waals surface area contributed by atoms with Gasteiger partial charge < -0.3 is 14.0 Å². The summed E-state index contributed by atoms with van der Waals surface area (Å²) in [5, 5.41) is 14.0. The van der Waals surface area contributed by atoms with E-state index >= 15 is 0 Å². The van der Waals surface area contributed by atoms with E-state index in [0.717, 1.165) is 18.2 Å². The summed E-state index contributed by atoms with van der Waals surface area (Å²) in [7, 11) is 1.11. The summed E-state index contributed by atoms with van der Waals surface area (Å²) >= 11 is 0. The number of rotatable bonds is 5. The highest BCUT2D eigenvalue weighted by Gasteiger charge is 2.16. The summed E-state index contributed by atoms with van der Waals surface area (Å²) in [5.41, 5.74) is 2.41. The van der Waals surface area contributed by atoms with Gasteiger partial charge in [0, 0.05) is 11.6 Å². The van der Waals surface area contributed by atoms with Gasteiger partial charge in [-0.1, -0.05) is 35.5 Å². The SMILES string of the molecule is COC(=O)C(=O)Nc1ccc(OCc2c(-c3ccccc3)noc2C)nn1. The monoisotopic (exact) mass is 368 g/mol. The second-order valence-corrected chi connectivity index (χ2v) is 5.42. The van der Waals surface area contributed by atoms with E-state index in [9.17, 15) is 9.59 Å². The highest BCUT2D eigenvalue weighted by Crippen LogP contribution is 2.26. The van der Waals surface area contributed by atoms with Crippen LogP contribution in [-0.4, -0.2) is 34.3 Å². The van der Waals surface area contributed by atoms with Crippen LogP contribution < -0.4 is 10.1 Å². The summed E-state index contributed by atoms with van der Waals surface area (Å²) in [6, 6.07) is 12.6. The molecule has 1 aromatic carbocycles. The van der Waals surface area contributed by atoms with Crippen LogP contribution in [0.3, 0.4) is 0 Å². The summed E-state index contributed by atoms with van der Waals surface area (Å²) in [6.07, 6.45) is 0. The third-order valence-electron chi connectivity index (χ3n) is 3.65. The Labute approximate surface area is 154 Å². The van der Waals surface area contributed by atoms with E-state index < -0.39 is 11.9 Å². The van der Waals surface area contributed by atoms with Crippen molar-refractivity contribution in [3.63, 3.8) is 0 Å². The second-order valence-electron chi connectivity index (χ2n) is 5.42. The number of carbonyl (C=O) groups excluding carboxylic acids is 2. The summed E-state index contributed by atoms with van der Waals surface area (Å²) < 4.78 is 15.2. The van der Waals surface area contributed by atoms with E-state index in [4.69, 9.17) is 9.26 Å². The normalized spacial score (nSPS) is 10.3. The van der Waals surface area contributed by atoms with E-state index in [2.05, 4.69) is 25.4 Å². The molecule has 0 fully saturated rings. The van der Waals surface area contributed by atoms with Crippen molar-refractivity contribution in [1.82, 2.24) is 15.4 Å². The van der Waals surface area contributed by atoms with Crippen molar-refractivity contribution < 1.29 is 23.6 Å². The molecule has 0 spiro atoms. The van der Waals surface area contributed by atoms with Crippen LogP contribution in [-0.2, 0) is 20.9 Å². The number of nitrogens with zero attached hydrogens (tertiary/aromatic N) is 3. The molecule has 9 nitrogen and oxygen atoms in total. The zero-order valence-corrected chi connectivity index (χ0v) is 14.6. The maximum Gasteiger partial charge on any atom is 0.396 e. The molecule has 0 saturated carbocycles. The van der Waals surface area contributed by atoms with Crippen molar-refractivity contribution in [2.45, 2.75) is 13.5 Å². The zero-order valence-electron chi connectivity index (χ0n) is 14.6.